The molecule has 2 atom stereocenters. The van der Waals surface area contributed by atoms with Gasteiger partial charge in [0.25, 0.3) is 5.91 Å². The van der Waals surface area contributed by atoms with Crippen molar-refractivity contribution in [1.29, 1.82) is 0 Å². The van der Waals surface area contributed by atoms with Crippen LogP contribution in [0, 0.1) is 5.82 Å². The first-order valence-corrected chi connectivity index (χ1v) is 9.58. The Morgan fingerprint density at radius 3 is 2.67 bits per heavy atom. The van der Waals surface area contributed by atoms with E-state index in [0.717, 1.165) is 16.9 Å². The van der Waals surface area contributed by atoms with Crippen LogP contribution >= 0.6 is 0 Å². The fourth-order valence-electron chi connectivity index (χ4n) is 3.50. The van der Waals surface area contributed by atoms with E-state index in [-0.39, 0.29) is 30.2 Å². The molecule has 1 fully saturated rings. The number of rotatable bonds is 6. The number of methoxy groups -OCH3 is 1. The molecular formula is C21H22FN5O3. The first-order chi connectivity index (χ1) is 14.5. The third-order valence-corrected chi connectivity index (χ3v) is 5.17. The lowest BCUT2D eigenvalue weighted by Crippen LogP contribution is -2.52. The van der Waals surface area contributed by atoms with Gasteiger partial charge in [0.2, 0.25) is 5.91 Å². The number of halogens is 1. The van der Waals surface area contributed by atoms with Crippen molar-refractivity contribution in [3.05, 3.63) is 65.5 Å². The molecule has 2 N–H and O–H groups in total. The molecule has 2 aromatic rings. The predicted octanol–water partition coefficient (Wildman–Crippen LogP) is 1.56. The third kappa shape index (κ3) is 4.25. The van der Waals surface area contributed by atoms with Gasteiger partial charge in [0, 0.05) is 6.54 Å². The van der Waals surface area contributed by atoms with Crippen molar-refractivity contribution in [2.24, 2.45) is 5.10 Å². The Bertz CT molecular complexity index is 948. The van der Waals surface area contributed by atoms with E-state index in [2.05, 4.69) is 15.8 Å². The Labute approximate surface area is 173 Å². The van der Waals surface area contributed by atoms with E-state index in [9.17, 15) is 14.0 Å². The molecule has 0 bridgehead atoms. The van der Waals surface area contributed by atoms with Gasteiger partial charge in [0.05, 0.1) is 13.2 Å². The second kappa shape index (κ2) is 8.50. The fraction of sp³-hybridized carbons (Fsp3) is 0.286. The van der Waals surface area contributed by atoms with Gasteiger partial charge >= 0.3 is 0 Å². The zero-order valence-corrected chi connectivity index (χ0v) is 16.4. The number of nitrogens with one attached hydrogen (secondary N) is 2. The van der Waals surface area contributed by atoms with Crippen LogP contribution in [0.1, 0.15) is 23.6 Å². The van der Waals surface area contributed by atoms with Gasteiger partial charge in [-0.2, -0.15) is 5.10 Å². The summed E-state index contributed by atoms with van der Waals surface area (Å²) < 4.78 is 18.3. The molecule has 8 nitrogen and oxygen atoms in total. The minimum atomic E-state index is -0.466. The summed E-state index contributed by atoms with van der Waals surface area (Å²) in [4.78, 5) is 25.1. The van der Waals surface area contributed by atoms with Crippen molar-refractivity contribution in [2.45, 2.75) is 25.0 Å². The number of nitrogens with zero attached hydrogens (tertiary/aromatic N) is 3. The second-order valence-corrected chi connectivity index (χ2v) is 7.14. The van der Waals surface area contributed by atoms with Crippen LogP contribution in [0.5, 0.6) is 5.75 Å². The van der Waals surface area contributed by atoms with Crippen molar-refractivity contribution < 1.29 is 18.7 Å². The minimum absolute atomic E-state index is 0.130. The number of hydrazine groups is 1. The summed E-state index contributed by atoms with van der Waals surface area (Å²) in [6, 6.07) is 12.9. The van der Waals surface area contributed by atoms with Gasteiger partial charge < -0.3 is 10.1 Å². The molecule has 0 spiro atoms. The molecule has 2 aliphatic rings. The predicted molar refractivity (Wildman–Crippen MR) is 108 cm³/mol. The van der Waals surface area contributed by atoms with E-state index >= 15 is 0 Å². The van der Waals surface area contributed by atoms with E-state index in [1.165, 1.54) is 23.5 Å². The molecule has 2 aliphatic heterocycles. The Morgan fingerprint density at radius 1 is 1.23 bits per heavy atom. The van der Waals surface area contributed by atoms with Gasteiger partial charge in [-0.05, 0) is 41.8 Å². The number of amides is 2. The molecule has 2 unspecified atom stereocenters. The maximum absolute atomic E-state index is 13.2. The smallest absolute Gasteiger partial charge is 0.267 e. The molecule has 0 saturated carbocycles. The summed E-state index contributed by atoms with van der Waals surface area (Å²) in [5.41, 5.74) is 5.00. The maximum atomic E-state index is 13.2. The topological polar surface area (TPSA) is 86.3 Å². The SMILES string of the molecule is COc1ccc(CNC(=O)CN2N=CN3NC(c4ccc(F)cc4)CC3C2=O)cc1. The Hall–Kier alpha value is -3.46. The summed E-state index contributed by atoms with van der Waals surface area (Å²) in [6.45, 7) is 0.190. The number of hydrogen-bond acceptors (Lipinski definition) is 6. The van der Waals surface area contributed by atoms with Crippen LogP contribution in [0.2, 0.25) is 0 Å². The average Bonchev–Trinajstić information content (AvgIpc) is 3.20. The van der Waals surface area contributed by atoms with Crippen molar-refractivity contribution >= 4 is 18.2 Å². The Balaban J connectivity index is 1.32. The largest absolute Gasteiger partial charge is 0.497 e. The third-order valence-electron chi connectivity index (χ3n) is 5.17. The lowest BCUT2D eigenvalue weighted by Gasteiger charge is -2.29. The van der Waals surface area contributed by atoms with Gasteiger partial charge in [-0.15, -0.1) is 0 Å². The molecule has 30 heavy (non-hydrogen) atoms. The molecule has 2 amide bonds. The normalized spacial score (nSPS) is 20.3. The summed E-state index contributed by atoms with van der Waals surface area (Å²) in [5.74, 6) is -0.119. The summed E-state index contributed by atoms with van der Waals surface area (Å²) in [5, 5.41) is 9.71. The highest BCUT2D eigenvalue weighted by molar-refractivity contribution is 5.91. The van der Waals surface area contributed by atoms with E-state index in [1.54, 1.807) is 24.3 Å². The van der Waals surface area contributed by atoms with Crippen LogP contribution in [0.3, 0.4) is 0 Å². The minimum Gasteiger partial charge on any atom is -0.497 e. The van der Waals surface area contributed by atoms with Crippen molar-refractivity contribution in [3.8, 4) is 5.75 Å². The van der Waals surface area contributed by atoms with E-state index in [0.29, 0.717) is 13.0 Å². The average molecular weight is 411 g/mol. The van der Waals surface area contributed by atoms with Crippen LogP contribution in [-0.4, -0.2) is 47.9 Å². The second-order valence-electron chi connectivity index (χ2n) is 7.14. The van der Waals surface area contributed by atoms with Crippen LogP contribution in [-0.2, 0) is 16.1 Å². The molecule has 2 aromatic carbocycles. The molecule has 0 radical (unpaired) electrons. The molecule has 4 rings (SSSR count). The van der Waals surface area contributed by atoms with Gasteiger partial charge in [0.15, 0.2) is 0 Å². The molecule has 2 heterocycles. The Kier molecular flexibility index (Phi) is 5.62. The molecule has 156 valence electrons. The first-order valence-electron chi connectivity index (χ1n) is 9.58. The number of ether oxygens (including phenoxy) is 1. The van der Waals surface area contributed by atoms with Crippen LogP contribution in [0.4, 0.5) is 4.39 Å². The zero-order chi connectivity index (χ0) is 21.1. The van der Waals surface area contributed by atoms with Crippen LogP contribution in [0.25, 0.3) is 0 Å². The number of hydrogen-bond donors (Lipinski definition) is 2. The lowest BCUT2D eigenvalue weighted by atomic mass is 10.0. The van der Waals surface area contributed by atoms with Gasteiger partial charge in [-0.3, -0.25) is 14.6 Å². The summed E-state index contributed by atoms with van der Waals surface area (Å²) in [7, 11) is 1.59. The lowest BCUT2D eigenvalue weighted by molar-refractivity contribution is -0.140. The van der Waals surface area contributed by atoms with Gasteiger partial charge in [-0.1, -0.05) is 24.3 Å². The van der Waals surface area contributed by atoms with E-state index < -0.39 is 6.04 Å². The van der Waals surface area contributed by atoms with Gasteiger partial charge in [0.1, 0.15) is 30.5 Å². The number of carbonyl (C=O) groups excluding carboxylic acids is 2. The highest BCUT2D eigenvalue weighted by Crippen LogP contribution is 2.29. The van der Waals surface area contributed by atoms with Crippen LogP contribution in [0.15, 0.2) is 53.6 Å². The van der Waals surface area contributed by atoms with Crippen molar-refractivity contribution in [1.82, 2.24) is 20.8 Å². The fourth-order valence-corrected chi connectivity index (χ4v) is 3.50. The summed E-state index contributed by atoms with van der Waals surface area (Å²) in [6.07, 6.45) is 2.01. The standard InChI is InChI=1S/C21H22FN5O3/c1-30-17-8-2-14(3-9-17)11-23-20(28)12-26-21(29)19-10-18(25-27(19)13-24-26)15-4-6-16(22)7-5-15/h2-9,13,18-19,25H,10-12H2,1H3,(H,23,28). The quantitative estimate of drug-likeness (QED) is 0.754. The first kappa shape index (κ1) is 19.8. The van der Waals surface area contributed by atoms with Crippen molar-refractivity contribution in [2.75, 3.05) is 13.7 Å². The van der Waals surface area contributed by atoms with E-state index in [1.807, 2.05) is 24.3 Å². The molecular weight excluding hydrogens is 389 g/mol. The molecule has 0 aliphatic carbocycles. The molecule has 9 heteroatoms. The molecule has 0 aromatic heterocycles. The number of carbonyl (C=O) groups is 2. The van der Waals surface area contributed by atoms with Crippen LogP contribution < -0.4 is 15.5 Å². The van der Waals surface area contributed by atoms with Crippen molar-refractivity contribution in [3.63, 3.8) is 0 Å². The zero-order valence-electron chi connectivity index (χ0n) is 16.4. The number of hydrazone groups is 1. The summed E-state index contributed by atoms with van der Waals surface area (Å²) >= 11 is 0. The Morgan fingerprint density at radius 2 is 1.97 bits per heavy atom. The highest BCUT2D eigenvalue weighted by Gasteiger charge is 2.41. The number of benzene rings is 2. The maximum Gasteiger partial charge on any atom is 0.267 e. The highest BCUT2D eigenvalue weighted by atomic mass is 19.1. The number of fused-ring (bicyclic) bond motifs is 1. The molecule has 1 saturated heterocycles. The monoisotopic (exact) mass is 411 g/mol. The van der Waals surface area contributed by atoms with Gasteiger partial charge in [-0.25, -0.2) is 14.8 Å². The van der Waals surface area contributed by atoms with E-state index in [4.69, 9.17) is 4.74 Å².